The summed E-state index contributed by atoms with van der Waals surface area (Å²) in [4.78, 5) is 22.0. The largest absolute Gasteiger partial charge is 0.333 e. The maximum Gasteiger partial charge on any atom is 0.263 e. The van der Waals surface area contributed by atoms with E-state index < -0.39 is 0 Å². The van der Waals surface area contributed by atoms with Crippen molar-refractivity contribution in [1.82, 2.24) is 9.55 Å². The zero-order valence-corrected chi connectivity index (χ0v) is 16.2. The van der Waals surface area contributed by atoms with Crippen LogP contribution in [0, 0.1) is 0 Å². The summed E-state index contributed by atoms with van der Waals surface area (Å²) in [6.07, 6.45) is 0.976. The molecule has 1 aliphatic rings. The van der Waals surface area contributed by atoms with E-state index in [0.717, 1.165) is 46.2 Å². The van der Waals surface area contributed by atoms with E-state index in [1.54, 1.807) is 23.1 Å². The number of hydrogen-bond donors (Lipinski definition) is 1. The first-order valence-electron chi connectivity index (χ1n) is 8.70. The van der Waals surface area contributed by atoms with Gasteiger partial charge in [-0.25, -0.2) is 4.98 Å². The second kappa shape index (κ2) is 6.94. The predicted molar refractivity (Wildman–Crippen MR) is 105 cm³/mol. The van der Waals surface area contributed by atoms with Gasteiger partial charge in [0.25, 0.3) is 5.56 Å². The highest BCUT2D eigenvalue weighted by molar-refractivity contribution is 7.99. The van der Waals surface area contributed by atoms with Gasteiger partial charge >= 0.3 is 0 Å². The lowest BCUT2D eigenvalue weighted by Crippen LogP contribution is -3.08. The lowest BCUT2D eigenvalue weighted by Gasteiger charge is -2.19. The molecule has 3 heterocycles. The van der Waals surface area contributed by atoms with Gasteiger partial charge in [0.05, 0.1) is 30.4 Å². The number of benzene rings is 1. The number of hydrogen-bond acceptors (Lipinski definition) is 4. The molecule has 1 unspecified atom stereocenters. The second-order valence-corrected chi connectivity index (χ2v) is 8.84. The minimum absolute atomic E-state index is 0.127. The molecule has 25 heavy (non-hydrogen) atoms. The third kappa shape index (κ3) is 3.14. The highest BCUT2D eigenvalue weighted by Gasteiger charge is 2.25. The SMILES string of the molecule is CCSc1nc2sc3c(c2c(=O)n1Cc1ccccc1)CC[NH+](C)C3. The van der Waals surface area contributed by atoms with Gasteiger partial charge in [-0.2, -0.15) is 0 Å². The van der Waals surface area contributed by atoms with Crippen molar-refractivity contribution < 1.29 is 4.90 Å². The molecule has 6 heteroatoms. The summed E-state index contributed by atoms with van der Waals surface area (Å²) in [7, 11) is 2.22. The minimum atomic E-state index is 0.127. The number of thiophene rings is 1. The van der Waals surface area contributed by atoms with Crippen molar-refractivity contribution in [1.29, 1.82) is 0 Å². The molecule has 1 aromatic carbocycles. The molecule has 0 spiro atoms. The Kier molecular flexibility index (Phi) is 4.67. The molecular formula is C19H22N3OS2+. The molecule has 0 fully saturated rings. The van der Waals surface area contributed by atoms with E-state index in [4.69, 9.17) is 4.98 Å². The molecule has 4 nitrogen and oxygen atoms in total. The van der Waals surface area contributed by atoms with Crippen molar-refractivity contribution >= 4 is 33.3 Å². The molecule has 1 N–H and O–H groups in total. The minimum Gasteiger partial charge on any atom is -0.333 e. The lowest BCUT2D eigenvalue weighted by atomic mass is 10.1. The topological polar surface area (TPSA) is 39.3 Å². The van der Waals surface area contributed by atoms with Crippen molar-refractivity contribution in [2.75, 3.05) is 19.3 Å². The highest BCUT2D eigenvalue weighted by atomic mass is 32.2. The molecule has 4 rings (SSSR count). The van der Waals surface area contributed by atoms with Gasteiger partial charge in [-0.3, -0.25) is 9.36 Å². The Labute approximate surface area is 155 Å². The summed E-state index contributed by atoms with van der Waals surface area (Å²) >= 11 is 3.36. The van der Waals surface area contributed by atoms with E-state index in [2.05, 4.69) is 26.1 Å². The van der Waals surface area contributed by atoms with Crippen molar-refractivity contribution in [3.8, 4) is 0 Å². The highest BCUT2D eigenvalue weighted by Crippen LogP contribution is 2.30. The Morgan fingerprint density at radius 2 is 2.12 bits per heavy atom. The Hall–Kier alpha value is -1.63. The number of thioether (sulfide) groups is 1. The number of nitrogens with zero attached hydrogens (tertiary/aromatic N) is 2. The van der Waals surface area contributed by atoms with Crippen LogP contribution < -0.4 is 10.5 Å². The van der Waals surface area contributed by atoms with Crippen LogP contribution in [0.1, 0.15) is 22.9 Å². The number of quaternary nitrogens is 1. The van der Waals surface area contributed by atoms with Crippen LogP contribution in [0.15, 0.2) is 40.3 Å². The zero-order valence-electron chi connectivity index (χ0n) is 14.5. The van der Waals surface area contributed by atoms with Gasteiger partial charge in [0.15, 0.2) is 5.16 Å². The summed E-state index contributed by atoms with van der Waals surface area (Å²) < 4.78 is 1.87. The molecule has 0 radical (unpaired) electrons. The van der Waals surface area contributed by atoms with Gasteiger partial charge in [-0.1, -0.05) is 49.0 Å². The van der Waals surface area contributed by atoms with Crippen molar-refractivity contribution in [2.24, 2.45) is 0 Å². The zero-order chi connectivity index (χ0) is 17.4. The van der Waals surface area contributed by atoms with E-state index in [9.17, 15) is 4.79 Å². The second-order valence-electron chi connectivity index (χ2n) is 6.52. The first kappa shape index (κ1) is 16.8. The summed E-state index contributed by atoms with van der Waals surface area (Å²) in [5, 5.41) is 1.70. The number of nitrogens with one attached hydrogen (secondary N) is 1. The molecule has 1 atom stereocenters. The smallest absolute Gasteiger partial charge is 0.263 e. The average Bonchev–Trinajstić information content (AvgIpc) is 2.96. The molecular weight excluding hydrogens is 350 g/mol. The molecule has 1 aliphatic heterocycles. The van der Waals surface area contributed by atoms with E-state index >= 15 is 0 Å². The lowest BCUT2D eigenvalue weighted by molar-refractivity contribution is -0.895. The van der Waals surface area contributed by atoms with Crippen LogP contribution in [0.3, 0.4) is 0 Å². The summed E-state index contributed by atoms with van der Waals surface area (Å²) in [6.45, 7) is 4.78. The molecule has 0 amide bonds. The predicted octanol–water partition coefficient (Wildman–Crippen LogP) is 2.19. The average molecular weight is 373 g/mol. The molecule has 0 saturated carbocycles. The first-order valence-corrected chi connectivity index (χ1v) is 10.5. The third-order valence-electron chi connectivity index (χ3n) is 4.68. The van der Waals surface area contributed by atoms with Crippen molar-refractivity contribution in [3.63, 3.8) is 0 Å². The van der Waals surface area contributed by atoms with Gasteiger partial charge < -0.3 is 4.90 Å². The van der Waals surface area contributed by atoms with Crippen LogP contribution in [0.4, 0.5) is 0 Å². The molecule has 0 saturated heterocycles. The molecule has 3 aromatic rings. The number of likely N-dealkylation sites (N-methyl/N-ethyl adjacent to an activating group) is 1. The van der Waals surface area contributed by atoms with Gasteiger partial charge in [-0.15, -0.1) is 11.3 Å². The Morgan fingerprint density at radius 1 is 1.32 bits per heavy atom. The molecule has 0 aliphatic carbocycles. The maximum atomic E-state index is 13.4. The van der Waals surface area contributed by atoms with Gasteiger partial charge in [0.2, 0.25) is 0 Å². The summed E-state index contributed by atoms with van der Waals surface area (Å²) in [5.41, 5.74) is 2.51. The number of aromatic nitrogens is 2. The fourth-order valence-electron chi connectivity index (χ4n) is 3.42. The monoisotopic (exact) mass is 372 g/mol. The van der Waals surface area contributed by atoms with Crippen LogP contribution in [0.2, 0.25) is 0 Å². The molecule has 130 valence electrons. The van der Waals surface area contributed by atoms with E-state index in [1.165, 1.54) is 15.3 Å². The van der Waals surface area contributed by atoms with Gasteiger partial charge in [-0.05, 0) is 16.9 Å². The molecule has 2 aromatic heterocycles. The Balaban J connectivity index is 1.89. The number of fused-ring (bicyclic) bond motifs is 3. The van der Waals surface area contributed by atoms with Crippen LogP contribution in [-0.4, -0.2) is 28.9 Å². The van der Waals surface area contributed by atoms with Gasteiger partial charge in [0.1, 0.15) is 11.4 Å². The number of rotatable bonds is 4. The quantitative estimate of drug-likeness (QED) is 0.564. The first-order chi connectivity index (χ1) is 12.2. The Morgan fingerprint density at radius 3 is 2.88 bits per heavy atom. The Bertz CT molecular complexity index is 962. The summed E-state index contributed by atoms with van der Waals surface area (Å²) in [6, 6.07) is 10.2. The normalized spacial score (nSPS) is 17.0. The van der Waals surface area contributed by atoms with Crippen molar-refractivity contribution in [3.05, 3.63) is 56.7 Å². The van der Waals surface area contributed by atoms with Crippen LogP contribution in [0.5, 0.6) is 0 Å². The fraction of sp³-hybridized carbons (Fsp3) is 0.368. The third-order valence-corrected chi connectivity index (χ3v) is 6.66. The van der Waals surface area contributed by atoms with Crippen LogP contribution >= 0.6 is 23.1 Å². The summed E-state index contributed by atoms with van der Waals surface area (Å²) in [5.74, 6) is 0.907. The van der Waals surface area contributed by atoms with E-state index in [-0.39, 0.29) is 5.56 Å². The van der Waals surface area contributed by atoms with Crippen LogP contribution in [0.25, 0.3) is 10.2 Å². The van der Waals surface area contributed by atoms with Crippen LogP contribution in [-0.2, 0) is 19.5 Å². The molecule has 0 bridgehead atoms. The van der Waals surface area contributed by atoms with E-state index in [0.29, 0.717) is 6.54 Å². The fourth-order valence-corrected chi connectivity index (χ4v) is 5.52. The van der Waals surface area contributed by atoms with Crippen molar-refractivity contribution in [2.45, 2.75) is 31.6 Å². The maximum absolute atomic E-state index is 13.4. The van der Waals surface area contributed by atoms with Gasteiger partial charge in [0, 0.05) is 6.42 Å². The van der Waals surface area contributed by atoms with E-state index in [1.807, 2.05) is 22.8 Å². The standard InChI is InChI=1S/C19H21N3OS2/c1-3-24-19-20-17-16(14-9-10-21(2)12-15(14)25-17)18(23)22(19)11-13-7-5-4-6-8-13/h4-8H,3,9-12H2,1-2H3/p+1.